The zero-order valence-corrected chi connectivity index (χ0v) is 14.0. The van der Waals surface area contributed by atoms with Gasteiger partial charge in [-0.2, -0.15) is 0 Å². The first-order valence-corrected chi connectivity index (χ1v) is 8.04. The van der Waals surface area contributed by atoms with Crippen molar-refractivity contribution in [1.82, 2.24) is 0 Å². The van der Waals surface area contributed by atoms with Crippen molar-refractivity contribution in [2.24, 2.45) is 0 Å². The second-order valence-electron chi connectivity index (χ2n) is 5.81. The standard InChI is InChI=1S/C23H18O2/c1-3-23(20-12-8-5-9-13-20,21-16-14-18(2)15-17-21)25-22(24)19-10-6-4-7-11-19/h1,4-17H,2H3. The molecule has 25 heavy (non-hydrogen) atoms. The zero-order chi connectivity index (χ0) is 17.7. The van der Waals surface area contributed by atoms with Gasteiger partial charge in [-0.25, -0.2) is 4.79 Å². The second kappa shape index (κ2) is 7.07. The van der Waals surface area contributed by atoms with Crippen molar-refractivity contribution < 1.29 is 9.53 Å². The molecule has 1 atom stereocenters. The summed E-state index contributed by atoms with van der Waals surface area (Å²) >= 11 is 0. The molecule has 0 aromatic heterocycles. The van der Waals surface area contributed by atoms with E-state index in [0.29, 0.717) is 5.56 Å². The monoisotopic (exact) mass is 326 g/mol. The van der Waals surface area contributed by atoms with Crippen molar-refractivity contribution in [2.45, 2.75) is 12.5 Å². The highest BCUT2D eigenvalue weighted by molar-refractivity contribution is 5.90. The average molecular weight is 326 g/mol. The van der Waals surface area contributed by atoms with E-state index in [4.69, 9.17) is 11.2 Å². The van der Waals surface area contributed by atoms with Crippen LogP contribution in [-0.4, -0.2) is 5.97 Å². The van der Waals surface area contributed by atoms with Crippen LogP contribution in [0, 0.1) is 19.3 Å². The third-order valence-corrected chi connectivity index (χ3v) is 4.10. The maximum absolute atomic E-state index is 12.7. The first kappa shape index (κ1) is 16.5. The molecule has 0 aliphatic carbocycles. The number of ether oxygens (including phenoxy) is 1. The fourth-order valence-electron chi connectivity index (χ4n) is 2.71. The van der Waals surface area contributed by atoms with E-state index in [1.165, 1.54) is 0 Å². The third-order valence-electron chi connectivity index (χ3n) is 4.10. The van der Waals surface area contributed by atoms with Crippen LogP contribution < -0.4 is 0 Å². The highest BCUT2D eigenvalue weighted by Gasteiger charge is 2.37. The van der Waals surface area contributed by atoms with Crippen LogP contribution in [0.5, 0.6) is 0 Å². The quantitative estimate of drug-likeness (QED) is 0.512. The fraction of sp³-hybridized carbons (Fsp3) is 0.0870. The minimum atomic E-state index is -1.28. The normalized spacial score (nSPS) is 12.6. The Balaban J connectivity index is 2.10. The van der Waals surface area contributed by atoms with Crippen molar-refractivity contribution >= 4 is 5.97 Å². The number of hydrogen-bond acceptors (Lipinski definition) is 2. The smallest absolute Gasteiger partial charge is 0.340 e. The Hall–Kier alpha value is -3.31. The van der Waals surface area contributed by atoms with E-state index in [0.717, 1.165) is 16.7 Å². The first-order chi connectivity index (χ1) is 12.2. The van der Waals surface area contributed by atoms with Crippen molar-refractivity contribution in [3.8, 4) is 12.3 Å². The van der Waals surface area contributed by atoms with Crippen molar-refractivity contribution in [3.63, 3.8) is 0 Å². The van der Waals surface area contributed by atoms with Gasteiger partial charge in [0.1, 0.15) is 0 Å². The highest BCUT2D eigenvalue weighted by Crippen LogP contribution is 2.34. The molecular formula is C23H18O2. The zero-order valence-electron chi connectivity index (χ0n) is 14.0. The van der Waals surface area contributed by atoms with Crippen LogP contribution in [0.15, 0.2) is 84.9 Å². The summed E-state index contributed by atoms with van der Waals surface area (Å²) in [6, 6.07) is 26.0. The van der Waals surface area contributed by atoms with E-state index < -0.39 is 11.6 Å². The number of aryl methyl sites for hydroxylation is 1. The molecule has 0 radical (unpaired) electrons. The van der Waals surface area contributed by atoms with E-state index in [1.54, 1.807) is 24.3 Å². The Morgan fingerprint density at radius 3 is 1.92 bits per heavy atom. The van der Waals surface area contributed by atoms with Crippen LogP contribution in [0.25, 0.3) is 0 Å². The van der Waals surface area contributed by atoms with E-state index in [2.05, 4.69) is 5.92 Å². The van der Waals surface area contributed by atoms with Crippen LogP contribution >= 0.6 is 0 Å². The lowest BCUT2D eigenvalue weighted by Crippen LogP contribution is -2.32. The molecule has 0 saturated carbocycles. The minimum absolute atomic E-state index is 0.456. The van der Waals surface area contributed by atoms with Gasteiger partial charge in [-0.15, -0.1) is 6.42 Å². The molecule has 122 valence electrons. The molecule has 0 aliphatic rings. The summed E-state index contributed by atoms with van der Waals surface area (Å²) in [4.78, 5) is 12.7. The Kier molecular flexibility index (Phi) is 4.68. The molecule has 3 aromatic rings. The topological polar surface area (TPSA) is 26.3 Å². The summed E-state index contributed by atoms with van der Waals surface area (Å²) in [5.41, 5.74) is 1.78. The summed E-state index contributed by atoms with van der Waals surface area (Å²) in [6.45, 7) is 2.00. The Bertz CT molecular complexity index is 890. The van der Waals surface area contributed by atoms with Gasteiger partial charge in [-0.1, -0.05) is 78.4 Å². The number of carbonyl (C=O) groups is 1. The van der Waals surface area contributed by atoms with Crippen molar-refractivity contribution in [3.05, 3.63) is 107 Å². The van der Waals surface area contributed by atoms with Gasteiger partial charge >= 0.3 is 5.97 Å². The summed E-state index contributed by atoms with van der Waals surface area (Å²) < 4.78 is 5.91. The maximum atomic E-state index is 12.7. The van der Waals surface area contributed by atoms with Gasteiger partial charge in [0.2, 0.25) is 5.60 Å². The highest BCUT2D eigenvalue weighted by atomic mass is 16.6. The van der Waals surface area contributed by atoms with Crippen LogP contribution in [0.3, 0.4) is 0 Å². The van der Waals surface area contributed by atoms with Gasteiger partial charge in [-0.05, 0) is 25.0 Å². The lowest BCUT2D eigenvalue weighted by Gasteiger charge is -2.29. The summed E-state index contributed by atoms with van der Waals surface area (Å²) in [5, 5.41) is 0. The van der Waals surface area contributed by atoms with Gasteiger partial charge in [0.05, 0.1) is 5.56 Å². The number of hydrogen-bond donors (Lipinski definition) is 0. The average Bonchev–Trinajstić information content (AvgIpc) is 2.68. The van der Waals surface area contributed by atoms with Gasteiger partial charge in [0.25, 0.3) is 0 Å². The molecule has 0 fully saturated rings. The number of benzene rings is 3. The van der Waals surface area contributed by atoms with E-state index in [1.807, 2.05) is 67.6 Å². The van der Waals surface area contributed by atoms with Gasteiger partial charge in [0.15, 0.2) is 0 Å². The lowest BCUT2D eigenvalue weighted by molar-refractivity contribution is 0.0199. The summed E-state index contributed by atoms with van der Waals surface area (Å²) in [6.07, 6.45) is 5.91. The molecule has 0 bridgehead atoms. The van der Waals surface area contributed by atoms with Gasteiger partial charge in [-0.3, -0.25) is 0 Å². The fourth-order valence-corrected chi connectivity index (χ4v) is 2.71. The predicted molar refractivity (Wildman–Crippen MR) is 99.1 cm³/mol. The van der Waals surface area contributed by atoms with Crippen LogP contribution in [0.1, 0.15) is 27.0 Å². The maximum Gasteiger partial charge on any atom is 0.340 e. The Morgan fingerprint density at radius 1 is 0.840 bits per heavy atom. The molecule has 2 heteroatoms. The number of terminal acetylenes is 1. The van der Waals surface area contributed by atoms with E-state index >= 15 is 0 Å². The lowest BCUT2D eigenvalue weighted by atomic mass is 9.86. The molecule has 3 aromatic carbocycles. The van der Waals surface area contributed by atoms with E-state index in [9.17, 15) is 4.79 Å². The van der Waals surface area contributed by atoms with Crippen LogP contribution in [0.4, 0.5) is 0 Å². The minimum Gasteiger partial charge on any atom is -0.433 e. The van der Waals surface area contributed by atoms with Crippen molar-refractivity contribution in [1.29, 1.82) is 0 Å². The van der Waals surface area contributed by atoms with Crippen molar-refractivity contribution in [2.75, 3.05) is 0 Å². The molecule has 2 nitrogen and oxygen atoms in total. The van der Waals surface area contributed by atoms with Crippen LogP contribution in [-0.2, 0) is 10.3 Å². The third kappa shape index (κ3) is 3.32. The number of esters is 1. The second-order valence-corrected chi connectivity index (χ2v) is 5.81. The Morgan fingerprint density at radius 2 is 1.36 bits per heavy atom. The largest absolute Gasteiger partial charge is 0.433 e. The molecule has 1 unspecified atom stereocenters. The number of carbonyl (C=O) groups excluding carboxylic acids is 1. The van der Waals surface area contributed by atoms with Crippen LogP contribution in [0.2, 0.25) is 0 Å². The van der Waals surface area contributed by atoms with Gasteiger partial charge < -0.3 is 4.74 Å². The molecule has 0 heterocycles. The van der Waals surface area contributed by atoms with Gasteiger partial charge in [0, 0.05) is 11.1 Å². The SMILES string of the molecule is C#CC(OC(=O)c1ccccc1)(c1ccccc1)c1ccc(C)cc1. The predicted octanol–water partition coefficient (Wildman–Crippen LogP) is 4.73. The molecule has 3 rings (SSSR count). The Labute approximate surface area is 148 Å². The summed E-state index contributed by atoms with van der Waals surface area (Å²) in [7, 11) is 0. The first-order valence-electron chi connectivity index (χ1n) is 8.04. The molecule has 0 aliphatic heterocycles. The molecule has 0 amide bonds. The van der Waals surface area contributed by atoms with E-state index in [-0.39, 0.29) is 0 Å². The number of rotatable bonds is 4. The summed E-state index contributed by atoms with van der Waals surface area (Å²) in [5.74, 6) is 2.27. The molecule has 0 saturated heterocycles. The molecule has 0 N–H and O–H groups in total. The molecular weight excluding hydrogens is 308 g/mol. The molecule has 0 spiro atoms.